The van der Waals surface area contributed by atoms with Crippen LogP contribution in [0.25, 0.3) is 0 Å². The van der Waals surface area contributed by atoms with E-state index in [4.69, 9.17) is 9.84 Å². The monoisotopic (exact) mass is 276 g/mol. The lowest BCUT2D eigenvalue weighted by atomic mass is 10.1. The predicted octanol–water partition coefficient (Wildman–Crippen LogP) is 3.21. The first kappa shape index (κ1) is 14.5. The van der Waals surface area contributed by atoms with Crippen molar-refractivity contribution in [2.45, 2.75) is 19.4 Å². The molecule has 0 aliphatic carbocycles. The summed E-state index contributed by atoms with van der Waals surface area (Å²) in [6.45, 7) is 1.64. The van der Waals surface area contributed by atoms with E-state index in [-0.39, 0.29) is 12.4 Å². The fourth-order valence-corrected chi connectivity index (χ4v) is 1.93. The third-order valence-electron chi connectivity index (χ3n) is 2.99. The van der Waals surface area contributed by atoms with Gasteiger partial charge in [-0.2, -0.15) is 0 Å². The molecule has 4 heteroatoms. The van der Waals surface area contributed by atoms with Crippen LogP contribution in [-0.2, 0) is 6.42 Å². The molecule has 3 nitrogen and oxygen atoms in total. The Balaban J connectivity index is 2.25. The molecular formula is C16H17FO3. The molecular weight excluding hydrogens is 259 g/mol. The topological polar surface area (TPSA) is 49.7 Å². The largest absolute Gasteiger partial charge is 0.454 e. The van der Waals surface area contributed by atoms with E-state index >= 15 is 0 Å². The van der Waals surface area contributed by atoms with Crippen LogP contribution >= 0.6 is 0 Å². The van der Waals surface area contributed by atoms with Gasteiger partial charge in [0.2, 0.25) is 0 Å². The van der Waals surface area contributed by atoms with Crippen LogP contribution in [0.2, 0.25) is 0 Å². The first-order valence-electron chi connectivity index (χ1n) is 6.46. The molecule has 2 N–H and O–H groups in total. The van der Waals surface area contributed by atoms with E-state index in [1.54, 1.807) is 25.1 Å². The lowest BCUT2D eigenvalue weighted by molar-refractivity contribution is 0.194. The summed E-state index contributed by atoms with van der Waals surface area (Å²) >= 11 is 0. The maximum atomic E-state index is 13.8. The zero-order valence-corrected chi connectivity index (χ0v) is 11.2. The molecule has 106 valence electrons. The SMILES string of the molecule is CC(O)c1cccc(F)c1Oc1ccc(CCO)cc1. The van der Waals surface area contributed by atoms with Crippen molar-refractivity contribution in [1.82, 2.24) is 0 Å². The normalized spacial score (nSPS) is 12.2. The molecule has 2 aromatic carbocycles. The van der Waals surface area contributed by atoms with Crippen molar-refractivity contribution >= 4 is 0 Å². The molecule has 0 aliphatic heterocycles. The molecule has 0 aromatic heterocycles. The molecule has 0 fully saturated rings. The Morgan fingerprint density at radius 1 is 1.15 bits per heavy atom. The highest BCUT2D eigenvalue weighted by Crippen LogP contribution is 2.32. The number of hydrogen-bond donors (Lipinski definition) is 2. The van der Waals surface area contributed by atoms with E-state index in [0.29, 0.717) is 17.7 Å². The lowest BCUT2D eigenvalue weighted by Gasteiger charge is -2.14. The number of ether oxygens (including phenoxy) is 1. The Kier molecular flexibility index (Phi) is 4.71. The molecule has 0 bridgehead atoms. The quantitative estimate of drug-likeness (QED) is 0.881. The van der Waals surface area contributed by atoms with Gasteiger partial charge < -0.3 is 14.9 Å². The number of halogens is 1. The smallest absolute Gasteiger partial charge is 0.168 e. The van der Waals surface area contributed by atoms with Crippen molar-refractivity contribution in [2.24, 2.45) is 0 Å². The molecule has 0 radical (unpaired) electrons. The Morgan fingerprint density at radius 2 is 1.85 bits per heavy atom. The van der Waals surface area contributed by atoms with Gasteiger partial charge in [0.1, 0.15) is 5.75 Å². The standard InChI is InChI=1S/C16H17FO3/c1-11(19)14-3-2-4-15(17)16(14)20-13-7-5-12(6-8-13)9-10-18/h2-8,11,18-19H,9-10H2,1H3. The maximum Gasteiger partial charge on any atom is 0.168 e. The first-order chi connectivity index (χ1) is 9.61. The van der Waals surface area contributed by atoms with Crippen molar-refractivity contribution in [1.29, 1.82) is 0 Å². The van der Waals surface area contributed by atoms with Crippen LogP contribution in [0.1, 0.15) is 24.2 Å². The third-order valence-corrected chi connectivity index (χ3v) is 2.99. The van der Waals surface area contributed by atoms with E-state index < -0.39 is 11.9 Å². The minimum absolute atomic E-state index is 0.0393. The number of hydrogen-bond acceptors (Lipinski definition) is 3. The van der Waals surface area contributed by atoms with Crippen LogP contribution in [0.5, 0.6) is 11.5 Å². The summed E-state index contributed by atoms with van der Waals surface area (Å²) < 4.78 is 19.4. The Morgan fingerprint density at radius 3 is 2.45 bits per heavy atom. The van der Waals surface area contributed by atoms with Crippen LogP contribution in [0.15, 0.2) is 42.5 Å². The molecule has 1 atom stereocenters. The van der Waals surface area contributed by atoms with E-state index in [2.05, 4.69) is 0 Å². The summed E-state index contributed by atoms with van der Waals surface area (Å²) in [7, 11) is 0. The molecule has 0 saturated heterocycles. The molecule has 1 unspecified atom stereocenters. The van der Waals surface area contributed by atoms with Crippen LogP contribution in [0.4, 0.5) is 4.39 Å². The zero-order chi connectivity index (χ0) is 14.5. The predicted molar refractivity (Wildman–Crippen MR) is 74.3 cm³/mol. The molecule has 0 heterocycles. The highest BCUT2D eigenvalue weighted by Gasteiger charge is 2.14. The molecule has 0 amide bonds. The Hall–Kier alpha value is -1.91. The second kappa shape index (κ2) is 6.50. The average Bonchev–Trinajstić information content (AvgIpc) is 2.43. The maximum absolute atomic E-state index is 13.8. The highest BCUT2D eigenvalue weighted by atomic mass is 19.1. The van der Waals surface area contributed by atoms with Gasteiger partial charge in [-0.25, -0.2) is 4.39 Å². The van der Waals surface area contributed by atoms with Gasteiger partial charge in [0.15, 0.2) is 11.6 Å². The Bertz CT molecular complexity index is 564. The summed E-state index contributed by atoms with van der Waals surface area (Å²) in [5.41, 5.74) is 1.38. The van der Waals surface area contributed by atoms with E-state index in [1.807, 2.05) is 12.1 Å². The van der Waals surface area contributed by atoms with Crippen LogP contribution in [-0.4, -0.2) is 16.8 Å². The van der Waals surface area contributed by atoms with E-state index in [9.17, 15) is 9.50 Å². The summed E-state index contributed by atoms with van der Waals surface area (Å²) in [5, 5.41) is 18.5. The van der Waals surface area contributed by atoms with Gasteiger partial charge in [0, 0.05) is 12.2 Å². The molecule has 0 spiro atoms. The number of benzene rings is 2. The van der Waals surface area contributed by atoms with E-state index in [0.717, 1.165) is 5.56 Å². The van der Waals surface area contributed by atoms with Crippen LogP contribution in [0, 0.1) is 5.82 Å². The first-order valence-corrected chi connectivity index (χ1v) is 6.46. The van der Waals surface area contributed by atoms with Crippen LogP contribution < -0.4 is 4.74 Å². The minimum Gasteiger partial charge on any atom is -0.454 e. The van der Waals surface area contributed by atoms with Gasteiger partial charge in [0.05, 0.1) is 6.10 Å². The van der Waals surface area contributed by atoms with E-state index in [1.165, 1.54) is 12.1 Å². The summed E-state index contributed by atoms with van der Waals surface area (Å²) in [6, 6.07) is 11.5. The summed E-state index contributed by atoms with van der Waals surface area (Å²) in [4.78, 5) is 0. The van der Waals surface area contributed by atoms with Gasteiger partial charge in [-0.1, -0.05) is 24.3 Å². The van der Waals surface area contributed by atoms with Gasteiger partial charge in [-0.3, -0.25) is 0 Å². The lowest BCUT2D eigenvalue weighted by Crippen LogP contribution is -1.99. The van der Waals surface area contributed by atoms with Crippen molar-refractivity contribution in [3.63, 3.8) is 0 Å². The number of rotatable bonds is 5. The van der Waals surface area contributed by atoms with Gasteiger partial charge >= 0.3 is 0 Å². The number of aliphatic hydroxyl groups is 2. The molecule has 20 heavy (non-hydrogen) atoms. The van der Waals surface area contributed by atoms with Crippen molar-refractivity contribution in [2.75, 3.05) is 6.61 Å². The minimum atomic E-state index is -0.811. The third kappa shape index (κ3) is 3.35. The van der Waals surface area contributed by atoms with Gasteiger partial charge in [-0.05, 0) is 37.1 Å². The molecule has 2 rings (SSSR count). The Labute approximate surface area is 117 Å². The molecule has 0 saturated carbocycles. The van der Waals surface area contributed by atoms with Crippen LogP contribution in [0.3, 0.4) is 0 Å². The number of aliphatic hydroxyl groups excluding tert-OH is 2. The van der Waals surface area contributed by atoms with Gasteiger partial charge in [0.25, 0.3) is 0 Å². The fraction of sp³-hybridized carbons (Fsp3) is 0.250. The summed E-state index contributed by atoms with van der Waals surface area (Å²) in [6.07, 6.45) is -0.242. The average molecular weight is 276 g/mol. The molecule has 2 aromatic rings. The highest BCUT2D eigenvalue weighted by molar-refractivity contribution is 5.40. The second-order valence-corrected chi connectivity index (χ2v) is 4.55. The molecule has 0 aliphatic rings. The zero-order valence-electron chi connectivity index (χ0n) is 11.2. The van der Waals surface area contributed by atoms with Crippen molar-refractivity contribution in [3.8, 4) is 11.5 Å². The second-order valence-electron chi connectivity index (χ2n) is 4.55. The summed E-state index contributed by atoms with van der Waals surface area (Å²) in [5.74, 6) is 0.0129. The fourth-order valence-electron chi connectivity index (χ4n) is 1.93. The number of para-hydroxylation sites is 1. The van der Waals surface area contributed by atoms with Crippen molar-refractivity contribution in [3.05, 3.63) is 59.4 Å². The van der Waals surface area contributed by atoms with Gasteiger partial charge in [-0.15, -0.1) is 0 Å². The van der Waals surface area contributed by atoms with Crippen molar-refractivity contribution < 1.29 is 19.3 Å².